The lowest BCUT2D eigenvalue weighted by Crippen LogP contribution is -2.56. The topological polar surface area (TPSA) is 465 Å². The standard InChI is InChI=1S/C66H83N5O23/c1-31(2)41(24-47(76)43(17-18-50(78)79)69-63(88)38(23-51(80)81)22-39(74)28-68-62(87)33(4)10-7-8-19-67)64(89)70-44(20-34(5)73)46(75)21-36-13-15-37(16-14-36)30-92-65(90)71-45-25-52(93-35(6)57(45)82)94-48-27-66(91,49(77)29-72)26-42-54(48)61(86)56-55(59(42)84)58(83)40-12-9-11-32(3)53(40)60(56)85/h9,11-16,31,33,35,38,41,43-45,48,52,57,72,82,84,86,91H,7-8,10,17-30,67H2,1-6H3,(H,68,87)(H,69,88)(H,70,89)(H,71,90)(H,78,79)(H,80,81)/t33-,35-,38-,41-,43-,44-,45-,48-,52-,57+,66-/m0/s1. The third-order valence-electron chi connectivity index (χ3n) is 17.2. The summed E-state index contributed by atoms with van der Waals surface area (Å²) in [6.45, 7) is 7.51. The summed E-state index contributed by atoms with van der Waals surface area (Å²) in [5.41, 5.74) is 2.63. The van der Waals surface area contributed by atoms with Gasteiger partial charge in [-0.15, -0.1) is 0 Å². The number of aliphatic hydroxyl groups is 3. The summed E-state index contributed by atoms with van der Waals surface area (Å²) in [4.78, 5) is 171. The van der Waals surface area contributed by atoms with E-state index in [0.29, 0.717) is 42.5 Å². The SMILES string of the molecule is CC(=O)C[C@H](NC(=O)[C@@H](CC(=O)[C@H](CCC(=O)O)NC(=O)[C@H](CC(=O)O)CC(=O)CNC(=O)[C@@H](C)CCCCN)C(C)C)C(=O)Cc1ccc(COC(=O)N[C@H]2C[C@H](O[C@H]3C[C@](O)(C(=O)CO)Cc4c(O)c5c(c(O)c43)C(=O)c3c(C)cccc3C5=O)O[C@@H](C)[C@H]2O)cc1. The van der Waals surface area contributed by atoms with Crippen molar-refractivity contribution in [3.05, 3.63) is 92.5 Å². The van der Waals surface area contributed by atoms with Crippen LogP contribution >= 0.6 is 0 Å². The van der Waals surface area contributed by atoms with Gasteiger partial charge >= 0.3 is 18.0 Å². The fourth-order valence-electron chi connectivity index (χ4n) is 11.9. The lowest BCUT2D eigenvalue weighted by molar-refractivity contribution is -0.249. The number of hydrogen-bond donors (Lipinski definition) is 12. The molecule has 0 bridgehead atoms. The first-order valence-electron chi connectivity index (χ1n) is 31.0. The molecule has 1 fully saturated rings. The third kappa shape index (κ3) is 18.8. The zero-order valence-corrected chi connectivity index (χ0v) is 53.2. The molecule has 1 aliphatic heterocycles. The first-order valence-corrected chi connectivity index (χ1v) is 31.0. The van der Waals surface area contributed by atoms with E-state index in [1.807, 2.05) is 0 Å². The number of ether oxygens (including phenoxy) is 3. The van der Waals surface area contributed by atoms with Gasteiger partial charge in [-0.2, -0.15) is 0 Å². The number of rotatable bonds is 34. The Balaban J connectivity index is 1.07. The van der Waals surface area contributed by atoms with Crippen LogP contribution in [0.4, 0.5) is 4.79 Å². The van der Waals surface area contributed by atoms with Gasteiger partial charge in [0.2, 0.25) is 17.7 Å². The Hall–Kier alpha value is -8.67. The molecule has 94 heavy (non-hydrogen) atoms. The summed E-state index contributed by atoms with van der Waals surface area (Å²) < 4.78 is 17.7. The second-order valence-electron chi connectivity index (χ2n) is 24.8. The van der Waals surface area contributed by atoms with Gasteiger partial charge in [-0.1, -0.05) is 69.7 Å². The average Bonchev–Trinajstić information content (AvgIpc) is 0.713. The Labute approximate surface area is 541 Å². The molecule has 2 aliphatic carbocycles. The van der Waals surface area contributed by atoms with E-state index in [4.69, 9.17) is 19.9 Å². The number of benzene rings is 3. The molecule has 11 atom stereocenters. The number of carboxylic acids is 2. The van der Waals surface area contributed by atoms with Crippen molar-refractivity contribution in [2.45, 2.75) is 180 Å². The number of nitrogens with one attached hydrogen (secondary N) is 4. The van der Waals surface area contributed by atoms with Crippen molar-refractivity contribution >= 4 is 76.2 Å². The van der Waals surface area contributed by atoms with Gasteiger partial charge in [-0.05, 0) is 69.2 Å². The van der Waals surface area contributed by atoms with Gasteiger partial charge in [0.25, 0.3) is 0 Å². The van der Waals surface area contributed by atoms with Crippen molar-refractivity contribution < 1.29 is 112 Å². The van der Waals surface area contributed by atoms with Gasteiger partial charge in [0.05, 0.1) is 60.3 Å². The highest BCUT2D eigenvalue weighted by Gasteiger charge is 2.50. The van der Waals surface area contributed by atoms with E-state index in [1.54, 1.807) is 33.8 Å². The Kier molecular flexibility index (Phi) is 26.1. The molecule has 1 heterocycles. The van der Waals surface area contributed by atoms with Crippen LogP contribution in [-0.4, -0.2) is 174 Å². The Bertz CT molecular complexity index is 3420. The van der Waals surface area contributed by atoms with E-state index < -0.39 is 235 Å². The molecule has 3 aromatic rings. The number of carbonyl (C=O) groups is 13. The van der Waals surface area contributed by atoms with Crippen LogP contribution in [0.2, 0.25) is 0 Å². The molecule has 510 valence electrons. The van der Waals surface area contributed by atoms with E-state index in [9.17, 15) is 98.1 Å². The first kappa shape index (κ1) is 74.4. The largest absolute Gasteiger partial charge is 0.507 e. The second kappa shape index (κ2) is 32.9. The Morgan fingerprint density at radius 1 is 0.777 bits per heavy atom. The summed E-state index contributed by atoms with van der Waals surface area (Å²) >= 11 is 0. The number of unbranched alkanes of at least 4 members (excludes halogenated alkanes) is 1. The van der Waals surface area contributed by atoms with Gasteiger partial charge in [0.1, 0.15) is 42.2 Å². The van der Waals surface area contributed by atoms with Crippen LogP contribution < -0.4 is 27.0 Å². The highest BCUT2D eigenvalue weighted by atomic mass is 16.7. The van der Waals surface area contributed by atoms with Gasteiger partial charge < -0.3 is 77.0 Å². The van der Waals surface area contributed by atoms with E-state index in [2.05, 4.69) is 21.3 Å². The van der Waals surface area contributed by atoms with Crippen molar-refractivity contribution in [1.82, 2.24) is 21.3 Å². The lowest BCUT2D eigenvalue weighted by atomic mass is 9.71. The molecular weight excluding hydrogens is 1230 g/mol. The minimum atomic E-state index is -2.43. The maximum atomic E-state index is 14.0. The molecule has 0 aromatic heterocycles. The third-order valence-corrected chi connectivity index (χ3v) is 17.2. The van der Waals surface area contributed by atoms with Crippen LogP contribution in [0.3, 0.4) is 0 Å². The number of phenolic OH excluding ortho intramolecular Hbond substituents is 2. The number of hydrogen-bond acceptors (Lipinski definition) is 22. The van der Waals surface area contributed by atoms with E-state index >= 15 is 0 Å². The van der Waals surface area contributed by atoms with Crippen molar-refractivity contribution in [1.29, 1.82) is 0 Å². The molecule has 13 N–H and O–H groups in total. The summed E-state index contributed by atoms with van der Waals surface area (Å²) in [7, 11) is 0. The predicted molar refractivity (Wildman–Crippen MR) is 329 cm³/mol. The summed E-state index contributed by atoms with van der Waals surface area (Å²) in [6, 6.07) is 6.49. The molecule has 0 unspecified atom stereocenters. The molecular formula is C66H83N5O23. The summed E-state index contributed by atoms with van der Waals surface area (Å²) in [5.74, 6) is -15.8. The van der Waals surface area contributed by atoms with Crippen molar-refractivity contribution in [2.75, 3.05) is 19.7 Å². The van der Waals surface area contributed by atoms with Crippen molar-refractivity contribution in [2.24, 2.45) is 29.4 Å². The number of ketones is 7. The number of Topliss-reactive ketones (excluding diaryl/α,β-unsaturated/α-hetero) is 5. The molecule has 28 nitrogen and oxygen atoms in total. The monoisotopic (exact) mass is 1310 g/mol. The molecule has 0 spiro atoms. The predicted octanol–water partition coefficient (Wildman–Crippen LogP) is 2.36. The normalized spacial score (nSPS) is 20.6. The minimum absolute atomic E-state index is 0.00599. The van der Waals surface area contributed by atoms with E-state index in [0.717, 1.165) is 0 Å². The fourth-order valence-corrected chi connectivity index (χ4v) is 11.9. The van der Waals surface area contributed by atoms with Crippen LogP contribution in [-0.2, 0) is 81.6 Å². The number of carbonyl (C=O) groups excluding carboxylic acids is 11. The highest BCUT2D eigenvalue weighted by molar-refractivity contribution is 6.31. The fraction of sp³-hybridized carbons (Fsp3) is 0.530. The molecule has 3 aromatic carbocycles. The van der Waals surface area contributed by atoms with Gasteiger partial charge in [-0.25, -0.2) is 4.79 Å². The number of carboxylic acid groups (broad SMARTS) is 2. The van der Waals surface area contributed by atoms with E-state index in [-0.39, 0.29) is 41.7 Å². The molecule has 0 saturated carbocycles. The van der Waals surface area contributed by atoms with Crippen molar-refractivity contribution in [3.63, 3.8) is 0 Å². The van der Waals surface area contributed by atoms with Crippen LogP contribution in [0.5, 0.6) is 11.5 Å². The first-order chi connectivity index (χ1) is 44.3. The zero-order chi connectivity index (χ0) is 69.6. The van der Waals surface area contributed by atoms with Crippen LogP contribution in [0.15, 0.2) is 42.5 Å². The van der Waals surface area contributed by atoms with Gasteiger partial charge in [0, 0.05) is 85.5 Å². The maximum Gasteiger partial charge on any atom is 0.407 e. The molecule has 4 amide bonds. The minimum Gasteiger partial charge on any atom is -0.507 e. The number of nitrogens with two attached hydrogens (primary N) is 1. The number of aliphatic hydroxyl groups excluding tert-OH is 2. The number of fused-ring (bicyclic) bond motifs is 3. The average molecular weight is 1310 g/mol. The molecule has 6 rings (SSSR count). The number of aliphatic carboxylic acids is 2. The highest BCUT2D eigenvalue weighted by Crippen LogP contribution is 2.52. The van der Waals surface area contributed by atoms with Gasteiger partial charge in [-0.3, -0.25) is 57.5 Å². The van der Waals surface area contributed by atoms with Crippen LogP contribution in [0.1, 0.15) is 171 Å². The van der Waals surface area contributed by atoms with Crippen LogP contribution in [0, 0.1) is 30.6 Å². The van der Waals surface area contributed by atoms with Gasteiger partial charge in [0.15, 0.2) is 41.0 Å². The molecule has 28 heteroatoms. The molecule has 0 radical (unpaired) electrons. The Morgan fingerprint density at radius 3 is 2.06 bits per heavy atom. The lowest BCUT2D eigenvalue weighted by Gasteiger charge is -2.42. The Morgan fingerprint density at radius 2 is 1.44 bits per heavy atom. The summed E-state index contributed by atoms with van der Waals surface area (Å²) in [6.07, 6.45) is -10.2. The number of aryl methyl sites for hydroxylation is 1. The van der Waals surface area contributed by atoms with Crippen molar-refractivity contribution in [3.8, 4) is 11.5 Å². The summed E-state index contributed by atoms with van der Waals surface area (Å²) in [5, 5.41) is 85.4. The smallest absolute Gasteiger partial charge is 0.407 e. The van der Waals surface area contributed by atoms with Crippen LogP contribution in [0.25, 0.3) is 0 Å². The number of aromatic hydroxyl groups is 2. The quantitative estimate of drug-likeness (QED) is 0.0236. The molecule has 1 saturated heterocycles. The number of alkyl carbamates (subject to hydrolysis) is 1. The molecule has 3 aliphatic rings. The second-order valence-corrected chi connectivity index (χ2v) is 24.8. The maximum absolute atomic E-state index is 14.0. The van der Waals surface area contributed by atoms with E-state index in [1.165, 1.54) is 50.2 Å². The number of amides is 4. The zero-order valence-electron chi connectivity index (χ0n) is 53.2. The number of phenols is 2.